The third-order valence-corrected chi connectivity index (χ3v) is 15.5. The third kappa shape index (κ3) is 11.2. The first-order valence-corrected chi connectivity index (χ1v) is 21.6. The van der Waals surface area contributed by atoms with Crippen LogP contribution in [-0.2, 0) is 4.43 Å². The highest BCUT2D eigenvalue weighted by atomic mass is 28.4. The zero-order chi connectivity index (χ0) is 70.2. The topological polar surface area (TPSA) is 9.23 Å². The van der Waals surface area contributed by atoms with Gasteiger partial charge in [0.15, 0.2) is 0 Å². The van der Waals surface area contributed by atoms with Gasteiger partial charge in [-0.2, -0.15) is 198 Å². The van der Waals surface area contributed by atoms with E-state index in [1.807, 2.05) is 0 Å². The number of hydrogen-bond donors (Lipinski definition) is 0. The molecular formula is C32H17F51OSi. The van der Waals surface area contributed by atoms with Gasteiger partial charge in [-0.1, -0.05) is 0 Å². The second kappa shape index (κ2) is 21.4. The first kappa shape index (κ1) is 81.6. The van der Waals surface area contributed by atoms with Crippen molar-refractivity contribution in [3.8, 4) is 0 Å². The highest BCUT2D eigenvalue weighted by Crippen LogP contribution is 2.73. The zero-order valence-corrected chi connectivity index (χ0v) is 39.1. The second-order valence-electron chi connectivity index (χ2n) is 16.9. The minimum atomic E-state index is -14.3. The van der Waals surface area contributed by atoms with Gasteiger partial charge in [-0.05, 0) is 6.92 Å². The molecule has 85 heavy (non-hydrogen) atoms. The zero-order valence-electron chi connectivity index (χ0n) is 38.1. The monoisotopic (exact) mass is 1410 g/mol. The predicted octanol–water partition coefficient (Wildman–Crippen LogP) is 19.0. The first-order chi connectivity index (χ1) is 35.9. The van der Waals surface area contributed by atoms with Crippen LogP contribution in [0.4, 0.5) is 224 Å². The smallest absolute Gasteiger partial charge is 0.402 e. The molecule has 0 aromatic carbocycles. The second-order valence-corrected chi connectivity index (χ2v) is 20.4. The normalized spacial score (nSPS) is 17.1. The Balaban J connectivity index is 10.0. The van der Waals surface area contributed by atoms with Crippen LogP contribution in [0.5, 0.6) is 0 Å². The van der Waals surface area contributed by atoms with E-state index in [9.17, 15) is 145 Å². The van der Waals surface area contributed by atoms with Crippen molar-refractivity contribution in [1.29, 1.82) is 0 Å². The van der Waals surface area contributed by atoms with Crippen molar-refractivity contribution in [3.63, 3.8) is 0 Å². The third-order valence-electron chi connectivity index (χ3n) is 11.1. The molecule has 0 radical (unpaired) electrons. The Labute approximate surface area is 431 Å². The Hall–Kier alpha value is -3.39. The van der Waals surface area contributed by atoms with Crippen LogP contribution < -0.4 is 0 Å². The average molecular weight is 1410 g/mol. The molecule has 0 aromatic heterocycles. The number of rotatable bonds is 29. The predicted molar refractivity (Wildman–Crippen MR) is 167 cm³/mol. The van der Waals surface area contributed by atoms with Crippen molar-refractivity contribution in [3.05, 3.63) is 0 Å². The molecule has 0 saturated carbocycles. The van der Waals surface area contributed by atoms with Gasteiger partial charge in [0.2, 0.25) is 0 Å². The van der Waals surface area contributed by atoms with Crippen molar-refractivity contribution in [1.82, 2.24) is 0 Å². The fourth-order valence-electron chi connectivity index (χ4n) is 6.17. The van der Waals surface area contributed by atoms with E-state index < -0.39 is 202 Å². The molecule has 0 amide bonds. The standard InChI is InChI=1S/C32H17F51OSi/c1-2-84-85(30(78,79)27(72,73)24(66,67)21(60,61)18(54,55)15(48,49)9(33,34)3-6-12(39,40)41,31(80,81)28(74,75)25(68,69)22(62,63)19(56,57)16(50,51)10(35,36)4-7-13(42,43)44)32(82,83)29(76,77)26(70,71)23(64,65)20(58,59)17(52,53)11(37,38)5-8-14(45,46)47/h2-8H2,1H3. The fraction of sp³-hybridized carbons (Fsp3) is 1.00. The fourth-order valence-corrected chi connectivity index (χ4v) is 10.1. The van der Waals surface area contributed by atoms with Crippen molar-refractivity contribution < 1.29 is 228 Å². The van der Waals surface area contributed by atoms with Crippen LogP contribution in [-0.4, -0.2) is 157 Å². The van der Waals surface area contributed by atoms with E-state index >= 15 is 79.0 Å². The van der Waals surface area contributed by atoms with Gasteiger partial charge < -0.3 is 4.43 Å². The Morgan fingerprint density at radius 1 is 0.188 bits per heavy atom. The number of halogens is 51. The lowest BCUT2D eigenvalue weighted by atomic mass is 9.89. The Morgan fingerprint density at radius 2 is 0.318 bits per heavy atom. The molecule has 512 valence electrons. The van der Waals surface area contributed by atoms with Gasteiger partial charge in [0.05, 0.1) is 0 Å². The maximum atomic E-state index is 16.1. The summed E-state index contributed by atoms with van der Waals surface area (Å²) in [6.45, 7) is -5.95. The molecule has 0 atom stereocenters. The van der Waals surface area contributed by atoms with E-state index in [2.05, 4.69) is 0 Å². The first-order valence-electron chi connectivity index (χ1n) is 19.7. The molecule has 0 N–H and O–H groups in total. The van der Waals surface area contributed by atoms with Gasteiger partial charge >= 0.3 is 150 Å². The molecule has 0 heterocycles. The minimum absolute atomic E-state index is 1.52. The summed E-state index contributed by atoms with van der Waals surface area (Å²) >= 11 is 0. The summed E-state index contributed by atoms with van der Waals surface area (Å²) in [6.07, 6.45) is -44.7. The molecule has 0 aromatic rings. The SMILES string of the molecule is CCO[Si](C(F)(F)C(F)(F)C(F)(F)C(F)(F)C(F)(F)C(F)(F)C(F)(F)CCC(F)(F)F)(C(F)(F)C(F)(F)C(F)(F)C(F)(F)C(F)(F)C(F)(F)C(F)(F)CCC(F)(F)F)C(F)(F)C(F)(F)C(F)(F)C(F)(F)C(F)(F)C(F)(F)C(F)(F)CCC(F)(F)F. The molecular weight excluding hydrogens is 1400 g/mol. The maximum Gasteiger partial charge on any atom is 0.447 e. The van der Waals surface area contributed by atoms with Crippen LogP contribution in [0.3, 0.4) is 0 Å². The summed E-state index contributed by atoms with van der Waals surface area (Å²) in [5.41, 5.74) is -34.6. The maximum absolute atomic E-state index is 16.1. The molecule has 53 heteroatoms. The van der Waals surface area contributed by atoms with E-state index in [4.69, 9.17) is 0 Å². The van der Waals surface area contributed by atoms with Gasteiger partial charge in [-0.25, -0.2) is 26.3 Å². The summed E-state index contributed by atoms with van der Waals surface area (Å²) in [6, 6.07) is 0. The van der Waals surface area contributed by atoms with Crippen LogP contribution >= 0.6 is 0 Å². The van der Waals surface area contributed by atoms with Gasteiger partial charge in [-0.3, -0.25) is 0 Å². The van der Waals surface area contributed by atoms with Gasteiger partial charge in [0, 0.05) is 45.1 Å². The highest BCUT2D eigenvalue weighted by molar-refractivity contribution is 6.81. The lowest BCUT2D eigenvalue weighted by molar-refractivity contribution is -0.448. The lowest BCUT2D eigenvalue weighted by Crippen LogP contribution is -2.92. The molecule has 0 saturated heterocycles. The molecule has 1 nitrogen and oxygen atoms in total. The molecule has 0 bridgehead atoms. The molecule has 0 spiro atoms. The van der Waals surface area contributed by atoms with Crippen LogP contribution in [0, 0.1) is 0 Å². The van der Waals surface area contributed by atoms with E-state index in [1.54, 1.807) is 4.43 Å². The largest absolute Gasteiger partial charge is 0.447 e. The van der Waals surface area contributed by atoms with Crippen molar-refractivity contribution in [2.45, 2.75) is 187 Å². The molecule has 0 aliphatic carbocycles. The lowest BCUT2D eigenvalue weighted by Gasteiger charge is -2.54. The van der Waals surface area contributed by atoms with Crippen LogP contribution in [0.25, 0.3) is 0 Å². The number of alkyl halides is 51. The number of hydrogen-bond acceptors (Lipinski definition) is 1. The van der Waals surface area contributed by atoms with E-state index in [0.29, 0.717) is 0 Å². The van der Waals surface area contributed by atoms with Gasteiger partial charge in [0.25, 0.3) is 0 Å². The minimum Gasteiger partial charge on any atom is -0.402 e. The van der Waals surface area contributed by atoms with Gasteiger partial charge in [-0.15, -0.1) is 0 Å². The summed E-state index contributed by atoms with van der Waals surface area (Å²) in [5, 5.41) is 0. The average Bonchev–Trinajstić information content (AvgIpc) is 3.26. The van der Waals surface area contributed by atoms with E-state index in [0.717, 1.165) is 0 Å². The van der Waals surface area contributed by atoms with Crippen molar-refractivity contribution in [2.75, 3.05) is 6.61 Å². The molecule has 0 aliphatic heterocycles. The van der Waals surface area contributed by atoms with Gasteiger partial charge in [0.1, 0.15) is 0 Å². The molecule has 0 fully saturated rings. The quantitative estimate of drug-likeness (QED) is 0.0536. The highest BCUT2D eigenvalue weighted by Gasteiger charge is 3.09. The van der Waals surface area contributed by atoms with Crippen molar-refractivity contribution >= 4 is 8.32 Å². The van der Waals surface area contributed by atoms with Crippen LogP contribution in [0.1, 0.15) is 45.4 Å². The Morgan fingerprint density at radius 3 is 0.447 bits per heavy atom. The van der Waals surface area contributed by atoms with E-state index in [1.165, 1.54) is 0 Å². The Kier molecular flexibility index (Phi) is 20.5. The molecule has 0 rings (SSSR count). The summed E-state index contributed by atoms with van der Waals surface area (Å²) in [5.74, 6) is -181. The molecule has 0 aliphatic rings. The summed E-state index contributed by atoms with van der Waals surface area (Å²) < 4.78 is 736. The van der Waals surface area contributed by atoms with Crippen molar-refractivity contribution in [2.24, 2.45) is 0 Å². The van der Waals surface area contributed by atoms with E-state index in [-0.39, 0.29) is 0 Å². The summed E-state index contributed by atoms with van der Waals surface area (Å²) in [4.78, 5) is 0. The van der Waals surface area contributed by atoms with Crippen LogP contribution in [0.15, 0.2) is 0 Å². The Bertz CT molecular complexity index is 2040. The molecule has 0 unspecified atom stereocenters. The summed E-state index contributed by atoms with van der Waals surface area (Å²) in [7, 11) is -14.3. The van der Waals surface area contributed by atoms with Crippen LogP contribution in [0.2, 0.25) is 0 Å².